The highest BCUT2D eigenvalue weighted by Crippen LogP contribution is 2.43. The minimum Gasteiger partial charge on any atom is -0.393 e. The molecule has 2 fully saturated rings. The van der Waals surface area contributed by atoms with Crippen LogP contribution in [0.25, 0.3) is 0 Å². The molecule has 2 saturated carbocycles. The van der Waals surface area contributed by atoms with Gasteiger partial charge in [0.15, 0.2) is 5.96 Å². The number of aliphatic hydroxyl groups excluding tert-OH is 1. The zero-order valence-electron chi connectivity index (χ0n) is 15.2. The quantitative estimate of drug-likeness (QED) is 0.360. The van der Waals surface area contributed by atoms with Gasteiger partial charge in [-0.2, -0.15) is 0 Å². The standard InChI is InChI=1S/C20H31N3O.HI/c1-2-21-19(23-17-9-11-18(24)12-10-17)22-15-20(13-6-14-20)16-7-4-3-5-8-16;/h3-5,7-8,17-18,24H,2,6,9-15H2,1H3,(H2,21,22,23);1H. The van der Waals surface area contributed by atoms with Crippen LogP contribution in [0.2, 0.25) is 0 Å². The summed E-state index contributed by atoms with van der Waals surface area (Å²) in [7, 11) is 0. The smallest absolute Gasteiger partial charge is 0.191 e. The van der Waals surface area contributed by atoms with E-state index in [1.807, 2.05) is 0 Å². The predicted octanol–water partition coefficient (Wildman–Crippen LogP) is 3.58. The van der Waals surface area contributed by atoms with E-state index in [1.54, 1.807) is 0 Å². The first-order valence-electron chi connectivity index (χ1n) is 9.50. The number of guanidine groups is 1. The van der Waals surface area contributed by atoms with Gasteiger partial charge in [0.25, 0.3) is 0 Å². The number of halogens is 1. The molecule has 2 aliphatic rings. The van der Waals surface area contributed by atoms with Crippen LogP contribution in [0.3, 0.4) is 0 Å². The second-order valence-corrected chi connectivity index (χ2v) is 7.34. The molecule has 0 spiro atoms. The molecule has 4 nitrogen and oxygen atoms in total. The van der Waals surface area contributed by atoms with Crippen LogP contribution in [-0.2, 0) is 5.41 Å². The summed E-state index contributed by atoms with van der Waals surface area (Å²) in [6.07, 6.45) is 7.49. The maximum Gasteiger partial charge on any atom is 0.191 e. The molecule has 1 aromatic rings. The predicted molar refractivity (Wildman–Crippen MR) is 115 cm³/mol. The van der Waals surface area contributed by atoms with E-state index in [0.29, 0.717) is 6.04 Å². The van der Waals surface area contributed by atoms with Gasteiger partial charge < -0.3 is 15.7 Å². The van der Waals surface area contributed by atoms with E-state index in [2.05, 4.69) is 47.9 Å². The van der Waals surface area contributed by atoms with Crippen LogP contribution in [0.5, 0.6) is 0 Å². The van der Waals surface area contributed by atoms with Crippen molar-refractivity contribution < 1.29 is 5.11 Å². The lowest BCUT2D eigenvalue weighted by Crippen LogP contribution is -2.46. The van der Waals surface area contributed by atoms with Crippen LogP contribution in [0.15, 0.2) is 35.3 Å². The molecule has 0 aromatic heterocycles. The van der Waals surface area contributed by atoms with Gasteiger partial charge in [-0.1, -0.05) is 36.8 Å². The fourth-order valence-electron chi connectivity index (χ4n) is 3.90. The Morgan fingerprint density at radius 2 is 1.84 bits per heavy atom. The lowest BCUT2D eigenvalue weighted by Gasteiger charge is -2.41. The van der Waals surface area contributed by atoms with Crippen LogP contribution in [0, 0.1) is 0 Å². The molecule has 0 saturated heterocycles. The summed E-state index contributed by atoms with van der Waals surface area (Å²) in [4.78, 5) is 4.93. The van der Waals surface area contributed by atoms with Crippen molar-refractivity contribution in [1.29, 1.82) is 0 Å². The van der Waals surface area contributed by atoms with Gasteiger partial charge >= 0.3 is 0 Å². The number of aliphatic imine (C=N–C) groups is 1. The van der Waals surface area contributed by atoms with Gasteiger partial charge in [-0.3, -0.25) is 4.99 Å². The molecule has 0 unspecified atom stereocenters. The Balaban J connectivity index is 0.00000225. The van der Waals surface area contributed by atoms with E-state index in [4.69, 9.17) is 4.99 Å². The molecule has 3 N–H and O–H groups in total. The Morgan fingerprint density at radius 3 is 2.40 bits per heavy atom. The number of rotatable bonds is 5. The molecule has 0 atom stereocenters. The van der Waals surface area contributed by atoms with Gasteiger partial charge in [0.1, 0.15) is 0 Å². The Bertz CT molecular complexity index is 537. The molecule has 5 heteroatoms. The van der Waals surface area contributed by atoms with Gasteiger partial charge in [-0.15, -0.1) is 24.0 Å². The molecule has 2 aliphatic carbocycles. The van der Waals surface area contributed by atoms with E-state index in [0.717, 1.165) is 44.7 Å². The molecule has 0 bridgehead atoms. The maximum atomic E-state index is 9.67. The zero-order valence-corrected chi connectivity index (χ0v) is 17.5. The zero-order chi connectivity index (χ0) is 16.8. The van der Waals surface area contributed by atoms with Crippen molar-refractivity contribution >= 4 is 29.9 Å². The van der Waals surface area contributed by atoms with Gasteiger partial charge in [0, 0.05) is 18.0 Å². The van der Waals surface area contributed by atoms with E-state index < -0.39 is 0 Å². The SMILES string of the molecule is CCNC(=NCC1(c2ccccc2)CCC1)NC1CCC(O)CC1.I. The fourth-order valence-corrected chi connectivity index (χ4v) is 3.90. The largest absolute Gasteiger partial charge is 0.393 e. The third-order valence-corrected chi connectivity index (χ3v) is 5.62. The van der Waals surface area contributed by atoms with Gasteiger partial charge in [-0.05, 0) is 51.0 Å². The summed E-state index contributed by atoms with van der Waals surface area (Å²) in [6.45, 7) is 3.83. The van der Waals surface area contributed by atoms with E-state index in [-0.39, 0.29) is 35.5 Å². The monoisotopic (exact) mass is 457 g/mol. The lowest BCUT2D eigenvalue weighted by molar-refractivity contribution is 0.120. The maximum absolute atomic E-state index is 9.67. The molecule has 0 amide bonds. The third kappa shape index (κ3) is 5.33. The summed E-state index contributed by atoms with van der Waals surface area (Å²) >= 11 is 0. The van der Waals surface area contributed by atoms with Crippen molar-refractivity contribution in [2.75, 3.05) is 13.1 Å². The van der Waals surface area contributed by atoms with Gasteiger partial charge in [0.05, 0.1) is 12.6 Å². The average molecular weight is 457 g/mol. The van der Waals surface area contributed by atoms with Crippen molar-refractivity contribution in [3.8, 4) is 0 Å². The minimum absolute atomic E-state index is 0. The minimum atomic E-state index is -0.112. The molecule has 140 valence electrons. The number of hydrogen-bond acceptors (Lipinski definition) is 2. The molecule has 3 rings (SSSR count). The van der Waals surface area contributed by atoms with Crippen LogP contribution in [0.4, 0.5) is 0 Å². The highest BCUT2D eigenvalue weighted by molar-refractivity contribution is 14.0. The van der Waals surface area contributed by atoms with Crippen molar-refractivity contribution in [1.82, 2.24) is 10.6 Å². The molecular formula is C20H32IN3O. The summed E-state index contributed by atoms with van der Waals surface area (Å²) in [5.74, 6) is 0.932. The second kappa shape index (κ2) is 9.76. The van der Waals surface area contributed by atoms with Crippen molar-refractivity contribution in [2.45, 2.75) is 69.4 Å². The number of hydrogen-bond donors (Lipinski definition) is 3. The van der Waals surface area contributed by atoms with Crippen LogP contribution in [0.1, 0.15) is 57.4 Å². The highest BCUT2D eigenvalue weighted by atomic mass is 127. The van der Waals surface area contributed by atoms with Crippen LogP contribution >= 0.6 is 24.0 Å². The van der Waals surface area contributed by atoms with E-state index >= 15 is 0 Å². The number of aliphatic hydroxyl groups is 1. The average Bonchev–Trinajstić information content (AvgIpc) is 2.57. The first kappa shape index (κ1) is 20.5. The summed E-state index contributed by atoms with van der Waals surface area (Å²) in [6, 6.07) is 11.3. The summed E-state index contributed by atoms with van der Waals surface area (Å²) in [5, 5.41) is 16.6. The van der Waals surface area contributed by atoms with Crippen LogP contribution in [-0.4, -0.2) is 36.3 Å². The van der Waals surface area contributed by atoms with Crippen molar-refractivity contribution in [2.24, 2.45) is 4.99 Å². The molecule has 0 radical (unpaired) electrons. The molecule has 0 heterocycles. The molecule has 25 heavy (non-hydrogen) atoms. The van der Waals surface area contributed by atoms with E-state index in [9.17, 15) is 5.11 Å². The molecule has 0 aliphatic heterocycles. The second-order valence-electron chi connectivity index (χ2n) is 7.34. The number of nitrogens with one attached hydrogen (secondary N) is 2. The van der Waals surface area contributed by atoms with Gasteiger partial charge in [-0.25, -0.2) is 0 Å². The van der Waals surface area contributed by atoms with E-state index in [1.165, 1.54) is 24.8 Å². The first-order valence-corrected chi connectivity index (χ1v) is 9.50. The summed E-state index contributed by atoms with van der Waals surface area (Å²) in [5.41, 5.74) is 1.66. The number of nitrogens with zero attached hydrogens (tertiary/aromatic N) is 1. The topological polar surface area (TPSA) is 56.7 Å². The lowest BCUT2D eigenvalue weighted by atomic mass is 9.64. The Morgan fingerprint density at radius 1 is 1.16 bits per heavy atom. The van der Waals surface area contributed by atoms with Crippen molar-refractivity contribution in [3.05, 3.63) is 35.9 Å². The molecule has 1 aromatic carbocycles. The fraction of sp³-hybridized carbons (Fsp3) is 0.650. The first-order chi connectivity index (χ1) is 11.7. The Kier molecular flexibility index (Phi) is 8.00. The van der Waals surface area contributed by atoms with Crippen LogP contribution < -0.4 is 10.6 Å². The van der Waals surface area contributed by atoms with Gasteiger partial charge in [0.2, 0.25) is 0 Å². The highest BCUT2D eigenvalue weighted by Gasteiger charge is 2.38. The van der Waals surface area contributed by atoms with Crippen molar-refractivity contribution in [3.63, 3.8) is 0 Å². The normalized spacial score (nSPS) is 25.4. The number of benzene rings is 1. The third-order valence-electron chi connectivity index (χ3n) is 5.62. The Hall–Kier alpha value is -0.820. The summed E-state index contributed by atoms with van der Waals surface area (Å²) < 4.78 is 0. The Labute approximate surface area is 168 Å². The molecular weight excluding hydrogens is 425 g/mol.